The standard InChI is InChI=1S/C13H23NO2/c1-10-5-2-3-7-12(10)13(16)14-8-4-6-11(14)9-15/h10-12,15H,2-9H2,1H3/t10-,11+,12-/m1/s1. The lowest BCUT2D eigenvalue weighted by Gasteiger charge is -2.33. The molecule has 92 valence electrons. The minimum Gasteiger partial charge on any atom is -0.394 e. The summed E-state index contributed by atoms with van der Waals surface area (Å²) in [6, 6.07) is 0.0987. The molecule has 0 unspecified atom stereocenters. The Labute approximate surface area is 97.8 Å². The number of likely N-dealkylation sites (tertiary alicyclic amines) is 1. The van der Waals surface area contributed by atoms with Crippen molar-refractivity contribution in [2.45, 2.75) is 51.5 Å². The molecule has 0 aromatic carbocycles. The summed E-state index contributed by atoms with van der Waals surface area (Å²) >= 11 is 0. The predicted octanol–water partition coefficient (Wildman–Crippen LogP) is 1.80. The maximum absolute atomic E-state index is 12.4. The zero-order valence-electron chi connectivity index (χ0n) is 10.2. The largest absolute Gasteiger partial charge is 0.394 e. The molecule has 0 spiro atoms. The molecule has 1 heterocycles. The van der Waals surface area contributed by atoms with Crippen LogP contribution in [-0.4, -0.2) is 35.1 Å². The molecular weight excluding hydrogens is 202 g/mol. The molecule has 2 fully saturated rings. The van der Waals surface area contributed by atoms with E-state index in [-0.39, 0.29) is 18.6 Å². The normalized spacial score (nSPS) is 35.4. The average Bonchev–Trinajstić information content (AvgIpc) is 2.77. The molecule has 3 atom stereocenters. The third kappa shape index (κ3) is 2.24. The number of carbonyl (C=O) groups is 1. The maximum atomic E-state index is 12.4. The second-order valence-corrected chi connectivity index (χ2v) is 5.38. The number of aliphatic hydroxyl groups is 1. The number of rotatable bonds is 2. The molecule has 1 aliphatic heterocycles. The van der Waals surface area contributed by atoms with Gasteiger partial charge in [-0.1, -0.05) is 19.8 Å². The Hall–Kier alpha value is -0.570. The molecule has 2 aliphatic rings. The van der Waals surface area contributed by atoms with Gasteiger partial charge in [0.05, 0.1) is 12.6 Å². The van der Waals surface area contributed by atoms with Crippen molar-refractivity contribution in [3.8, 4) is 0 Å². The van der Waals surface area contributed by atoms with Crippen molar-refractivity contribution < 1.29 is 9.90 Å². The molecule has 1 amide bonds. The lowest BCUT2D eigenvalue weighted by molar-refractivity contribution is -0.139. The zero-order chi connectivity index (χ0) is 11.5. The summed E-state index contributed by atoms with van der Waals surface area (Å²) in [5.41, 5.74) is 0. The first-order valence-corrected chi connectivity index (χ1v) is 6.65. The van der Waals surface area contributed by atoms with Crippen molar-refractivity contribution in [1.29, 1.82) is 0 Å². The van der Waals surface area contributed by atoms with Crippen molar-refractivity contribution >= 4 is 5.91 Å². The second-order valence-electron chi connectivity index (χ2n) is 5.38. The van der Waals surface area contributed by atoms with Gasteiger partial charge in [0.15, 0.2) is 0 Å². The highest BCUT2D eigenvalue weighted by Crippen LogP contribution is 2.32. The van der Waals surface area contributed by atoms with Crippen LogP contribution in [0.5, 0.6) is 0 Å². The molecule has 1 saturated heterocycles. The fourth-order valence-electron chi connectivity index (χ4n) is 3.21. The van der Waals surface area contributed by atoms with Gasteiger partial charge in [0.25, 0.3) is 0 Å². The third-order valence-corrected chi connectivity index (χ3v) is 4.30. The van der Waals surface area contributed by atoms with Crippen molar-refractivity contribution in [2.75, 3.05) is 13.2 Å². The van der Waals surface area contributed by atoms with Gasteiger partial charge < -0.3 is 10.0 Å². The highest BCUT2D eigenvalue weighted by atomic mass is 16.3. The summed E-state index contributed by atoms with van der Waals surface area (Å²) in [6.07, 6.45) is 6.73. The van der Waals surface area contributed by atoms with Crippen molar-refractivity contribution in [1.82, 2.24) is 4.90 Å². The van der Waals surface area contributed by atoms with E-state index in [1.54, 1.807) is 0 Å². The van der Waals surface area contributed by atoms with Crippen LogP contribution in [0.4, 0.5) is 0 Å². The lowest BCUT2D eigenvalue weighted by Crippen LogP contribution is -2.43. The number of amides is 1. The van der Waals surface area contributed by atoms with E-state index in [0.29, 0.717) is 11.8 Å². The molecule has 2 rings (SSSR count). The van der Waals surface area contributed by atoms with Crippen LogP contribution in [-0.2, 0) is 4.79 Å². The molecule has 0 bridgehead atoms. The molecule has 16 heavy (non-hydrogen) atoms. The molecular formula is C13H23NO2. The first-order valence-electron chi connectivity index (χ1n) is 6.65. The third-order valence-electron chi connectivity index (χ3n) is 4.30. The Balaban J connectivity index is 2.00. The minimum atomic E-state index is 0.0987. The van der Waals surface area contributed by atoms with Gasteiger partial charge in [0, 0.05) is 12.5 Å². The Kier molecular flexibility index (Phi) is 3.85. The van der Waals surface area contributed by atoms with E-state index < -0.39 is 0 Å². The maximum Gasteiger partial charge on any atom is 0.226 e. The van der Waals surface area contributed by atoms with Gasteiger partial charge in [0.2, 0.25) is 5.91 Å². The number of hydrogen-bond donors (Lipinski definition) is 1. The summed E-state index contributed by atoms with van der Waals surface area (Å²) in [6.45, 7) is 3.19. The minimum absolute atomic E-state index is 0.0987. The van der Waals surface area contributed by atoms with Crippen molar-refractivity contribution in [3.63, 3.8) is 0 Å². The molecule has 3 heteroatoms. The van der Waals surface area contributed by atoms with Gasteiger partial charge in [-0.15, -0.1) is 0 Å². The first-order chi connectivity index (χ1) is 7.74. The van der Waals surface area contributed by atoms with E-state index >= 15 is 0 Å². The Morgan fingerprint density at radius 2 is 2.00 bits per heavy atom. The zero-order valence-corrected chi connectivity index (χ0v) is 10.2. The first kappa shape index (κ1) is 11.9. The molecule has 0 aromatic rings. The van der Waals surface area contributed by atoms with Crippen molar-refractivity contribution in [2.24, 2.45) is 11.8 Å². The van der Waals surface area contributed by atoms with Crippen LogP contribution in [0.25, 0.3) is 0 Å². The Bertz CT molecular complexity index is 250. The summed E-state index contributed by atoms with van der Waals surface area (Å²) in [7, 11) is 0. The molecule has 1 saturated carbocycles. The van der Waals surface area contributed by atoms with E-state index in [2.05, 4.69) is 6.92 Å². The molecule has 1 N–H and O–H groups in total. The molecule has 1 aliphatic carbocycles. The summed E-state index contributed by atoms with van der Waals surface area (Å²) in [5.74, 6) is 1.06. The van der Waals surface area contributed by atoms with E-state index in [0.717, 1.165) is 25.8 Å². The SMILES string of the molecule is C[C@@H]1CCCC[C@H]1C(=O)N1CCC[C@H]1CO. The number of aliphatic hydroxyl groups excluding tert-OH is 1. The van der Waals surface area contributed by atoms with E-state index in [1.165, 1.54) is 19.3 Å². The molecule has 3 nitrogen and oxygen atoms in total. The predicted molar refractivity (Wildman–Crippen MR) is 62.9 cm³/mol. The van der Waals surface area contributed by atoms with Crippen LogP contribution in [0.2, 0.25) is 0 Å². The fourth-order valence-corrected chi connectivity index (χ4v) is 3.21. The van der Waals surface area contributed by atoms with Crippen LogP contribution in [0, 0.1) is 11.8 Å². The van der Waals surface area contributed by atoms with Crippen LogP contribution in [0.15, 0.2) is 0 Å². The van der Waals surface area contributed by atoms with Gasteiger partial charge in [-0.05, 0) is 31.6 Å². The summed E-state index contributed by atoms with van der Waals surface area (Å²) in [4.78, 5) is 14.3. The van der Waals surface area contributed by atoms with Gasteiger partial charge in [-0.3, -0.25) is 4.79 Å². The smallest absolute Gasteiger partial charge is 0.226 e. The fraction of sp³-hybridized carbons (Fsp3) is 0.923. The quantitative estimate of drug-likeness (QED) is 0.778. The summed E-state index contributed by atoms with van der Waals surface area (Å²) < 4.78 is 0. The van der Waals surface area contributed by atoms with Crippen molar-refractivity contribution in [3.05, 3.63) is 0 Å². The van der Waals surface area contributed by atoms with Crippen LogP contribution in [0.1, 0.15) is 45.4 Å². The molecule has 0 radical (unpaired) electrons. The Morgan fingerprint density at radius 3 is 2.69 bits per heavy atom. The van der Waals surface area contributed by atoms with Gasteiger partial charge in [0.1, 0.15) is 0 Å². The number of hydrogen-bond acceptors (Lipinski definition) is 2. The Morgan fingerprint density at radius 1 is 1.25 bits per heavy atom. The molecule has 0 aromatic heterocycles. The average molecular weight is 225 g/mol. The summed E-state index contributed by atoms with van der Waals surface area (Å²) in [5, 5.41) is 9.26. The number of carbonyl (C=O) groups excluding carboxylic acids is 1. The van der Waals surface area contributed by atoms with E-state index in [9.17, 15) is 9.90 Å². The van der Waals surface area contributed by atoms with Crippen LogP contribution < -0.4 is 0 Å². The van der Waals surface area contributed by atoms with Crippen LogP contribution in [0.3, 0.4) is 0 Å². The number of nitrogens with zero attached hydrogens (tertiary/aromatic N) is 1. The topological polar surface area (TPSA) is 40.5 Å². The lowest BCUT2D eigenvalue weighted by atomic mass is 9.79. The van der Waals surface area contributed by atoms with Gasteiger partial charge in [-0.25, -0.2) is 0 Å². The second kappa shape index (κ2) is 5.17. The monoisotopic (exact) mass is 225 g/mol. The van der Waals surface area contributed by atoms with E-state index in [4.69, 9.17) is 0 Å². The van der Waals surface area contributed by atoms with E-state index in [1.807, 2.05) is 4.90 Å². The van der Waals surface area contributed by atoms with Gasteiger partial charge in [-0.2, -0.15) is 0 Å². The highest BCUT2D eigenvalue weighted by Gasteiger charge is 2.35. The van der Waals surface area contributed by atoms with Crippen LogP contribution >= 0.6 is 0 Å². The van der Waals surface area contributed by atoms with Gasteiger partial charge >= 0.3 is 0 Å². The highest BCUT2D eigenvalue weighted by molar-refractivity contribution is 5.79.